The second kappa shape index (κ2) is 11.0. The number of hydrogen-bond donors (Lipinski definition) is 4. The minimum Gasteiger partial charge on any atom is -0.365 e. The topological polar surface area (TPSA) is 128 Å². The zero-order chi connectivity index (χ0) is 29.7. The van der Waals surface area contributed by atoms with Gasteiger partial charge in [-0.3, -0.25) is 18.7 Å². The number of rotatable bonds is 7. The van der Waals surface area contributed by atoms with Gasteiger partial charge in [-0.2, -0.15) is 10.6 Å². The molecule has 0 spiro atoms. The zero-order valence-electron chi connectivity index (χ0n) is 22.6. The van der Waals surface area contributed by atoms with Crippen molar-refractivity contribution >= 4 is 39.6 Å². The first-order valence-corrected chi connectivity index (χ1v) is 16.2. The molecule has 1 atom stereocenters. The van der Waals surface area contributed by atoms with E-state index in [1.807, 2.05) is 6.92 Å². The molecule has 1 saturated carbocycles. The van der Waals surface area contributed by atoms with Crippen LogP contribution in [0.25, 0.3) is 10.4 Å². The normalized spacial score (nSPS) is 24.1. The van der Waals surface area contributed by atoms with Gasteiger partial charge in [0, 0.05) is 52.9 Å². The number of thiazole rings is 1. The van der Waals surface area contributed by atoms with Gasteiger partial charge in [-0.15, -0.1) is 11.3 Å². The fourth-order valence-corrected chi connectivity index (χ4v) is 8.04. The summed E-state index contributed by atoms with van der Waals surface area (Å²) in [4.78, 5) is 36.1. The van der Waals surface area contributed by atoms with Crippen molar-refractivity contribution < 1.29 is 36.3 Å². The van der Waals surface area contributed by atoms with Crippen molar-refractivity contribution in [3.8, 4) is 10.4 Å². The van der Waals surface area contributed by atoms with Gasteiger partial charge < -0.3 is 15.5 Å². The molecule has 2 amide bonds. The first kappa shape index (κ1) is 30.0. The van der Waals surface area contributed by atoms with Crippen molar-refractivity contribution in [1.29, 1.82) is 0 Å². The van der Waals surface area contributed by atoms with Gasteiger partial charge in [0.15, 0.2) is 5.01 Å². The lowest BCUT2D eigenvalue weighted by Crippen LogP contribution is -2.41. The average Bonchev–Trinajstić information content (AvgIpc) is 3.44. The quantitative estimate of drug-likeness (QED) is 0.280. The second-order valence-corrected chi connectivity index (χ2v) is 14.9. The van der Waals surface area contributed by atoms with Gasteiger partial charge in [-0.1, -0.05) is 0 Å². The van der Waals surface area contributed by atoms with E-state index >= 15 is 0 Å². The third-order valence-corrected chi connectivity index (χ3v) is 10.9. The summed E-state index contributed by atoms with van der Waals surface area (Å²) in [5.74, 6) is -4.14. The molecule has 5 rings (SSSR count). The Labute approximate surface area is 240 Å². The molecule has 41 heavy (non-hydrogen) atoms. The van der Waals surface area contributed by atoms with Crippen LogP contribution >= 0.6 is 21.9 Å². The minimum atomic E-state index is -3.11. The number of aromatic nitrogens is 2. The summed E-state index contributed by atoms with van der Waals surface area (Å²) in [7, 11) is -2.68. The van der Waals surface area contributed by atoms with E-state index in [9.17, 15) is 36.3 Å². The standard InChI is InChI=1S/C26H33F4N5O4S2/c1-14-11-26(29,30)13-35(14)24(37)19-20(40-23(33-19)22(36)32-15-4-8-41(38,39)9-5-15)17-12-31-18(10-16(17)21(27)28)34-25(2)6-3-7-25/h10,12,14-15,21,38-39H,3-9,11,13H2,1-2H3,(H,31,34)(H,32,36). The monoisotopic (exact) mass is 619 g/mol. The predicted molar refractivity (Wildman–Crippen MR) is 149 cm³/mol. The molecule has 3 aliphatic rings. The number of nitrogens with zero attached hydrogens (tertiary/aromatic N) is 3. The summed E-state index contributed by atoms with van der Waals surface area (Å²) < 4.78 is 76.7. The van der Waals surface area contributed by atoms with Crippen molar-refractivity contribution in [2.45, 2.75) is 82.3 Å². The molecule has 2 aliphatic heterocycles. The fourth-order valence-electron chi connectivity index (χ4n) is 5.52. The van der Waals surface area contributed by atoms with E-state index in [2.05, 4.69) is 20.6 Å². The number of pyridine rings is 1. The van der Waals surface area contributed by atoms with Crippen LogP contribution in [-0.4, -0.2) is 77.4 Å². The summed E-state index contributed by atoms with van der Waals surface area (Å²) >= 11 is 0.718. The van der Waals surface area contributed by atoms with Crippen molar-refractivity contribution in [2.75, 3.05) is 23.4 Å². The highest BCUT2D eigenvalue weighted by atomic mass is 32.3. The lowest BCUT2D eigenvalue weighted by molar-refractivity contribution is 0.0118. The van der Waals surface area contributed by atoms with Gasteiger partial charge in [0.05, 0.1) is 11.4 Å². The van der Waals surface area contributed by atoms with Crippen LogP contribution in [0.5, 0.6) is 0 Å². The molecule has 4 heterocycles. The molecule has 0 radical (unpaired) electrons. The van der Waals surface area contributed by atoms with Gasteiger partial charge in [0.2, 0.25) is 0 Å². The smallest absolute Gasteiger partial charge is 0.280 e. The highest BCUT2D eigenvalue weighted by molar-refractivity contribution is 8.24. The zero-order valence-corrected chi connectivity index (χ0v) is 24.3. The van der Waals surface area contributed by atoms with Gasteiger partial charge in [0.25, 0.3) is 24.2 Å². The van der Waals surface area contributed by atoms with E-state index in [1.54, 1.807) is 0 Å². The van der Waals surface area contributed by atoms with Crippen molar-refractivity contribution in [3.05, 3.63) is 28.5 Å². The Balaban J connectivity index is 1.50. The Bertz CT molecular complexity index is 1330. The molecule has 15 heteroatoms. The van der Waals surface area contributed by atoms with E-state index in [0.29, 0.717) is 12.8 Å². The van der Waals surface area contributed by atoms with E-state index < -0.39 is 59.3 Å². The average molecular weight is 620 g/mol. The van der Waals surface area contributed by atoms with Crippen LogP contribution in [0, 0.1) is 0 Å². The molecule has 2 aromatic heterocycles. The number of carbonyl (C=O) groups is 2. The number of amides is 2. The van der Waals surface area contributed by atoms with E-state index in [-0.39, 0.29) is 50.0 Å². The maximum Gasteiger partial charge on any atom is 0.280 e. The van der Waals surface area contributed by atoms with E-state index in [4.69, 9.17) is 0 Å². The number of hydrogen-bond acceptors (Lipinski definition) is 8. The number of alkyl halides is 4. The summed E-state index contributed by atoms with van der Waals surface area (Å²) in [5.41, 5.74) is -1.14. The molecule has 1 aliphatic carbocycles. The Morgan fingerprint density at radius 2 is 1.90 bits per heavy atom. The SMILES string of the molecule is CC1CC(F)(F)CN1C(=O)c1nc(C(=O)NC2CCS(O)(O)CC2)sc1-c1cnc(NC2(C)CCC2)cc1C(F)F. The second-order valence-electron chi connectivity index (χ2n) is 11.5. The minimum absolute atomic E-state index is 0.0513. The first-order valence-electron chi connectivity index (χ1n) is 13.5. The molecule has 2 aromatic rings. The highest BCUT2D eigenvalue weighted by Gasteiger charge is 2.46. The van der Waals surface area contributed by atoms with E-state index in [1.165, 1.54) is 19.2 Å². The molecule has 0 bridgehead atoms. The molecule has 226 valence electrons. The van der Waals surface area contributed by atoms with Crippen LogP contribution in [0.15, 0.2) is 12.3 Å². The molecular formula is C26H33F4N5O4S2. The van der Waals surface area contributed by atoms with Gasteiger partial charge in [0.1, 0.15) is 11.5 Å². The Morgan fingerprint density at radius 1 is 1.22 bits per heavy atom. The van der Waals surface area contributed by atoms with Gasteiger partial charge in [-0.05, 0) is 52.0 Å². The third kappa shape index (κ3) is 6.47. The maximum absolute atomic E-state index is 14.4. The van der Waals surface area contributed by atoms with Crippen LogP contribution in [0.1, 0.15) is 84.7 Å². The molecular weight excluding hydrogens is 586 g/mol. The van der Waals surface area contributed by atoms with Crippen molar-refractivity contribution in [2.24, 2.45) is 0 Å². The van der Waals surface area contributed by atoms with Crippen LogP contribution in [0.2, 0.25) is 0 Å². The summed E-state index contributed by atoms with van der Waals surface area (Å²) in [6.45, 7) is 2.60. The summed E-state index contributed by atoms with van der Waals surface area (Å²) in [6.07, 6.45) is 1.09. The van der Waals surface area contributed by atoms with Gasteiger partial charge >= 0.3 is 0 Å². The summed E-state index contributed by atoms with van der Waals surface area (Å²) in [5, 5.41) is 5.76. The fraction of sp³-hybridized carbons (Fsp3) is 0.615. The first-order chi connectivity index (χ1) is 19.2. The maximum atomic E-state index is 14.4. The Morgan fingerprint density at radius 3 is 2.46 bits per heavy atom. The molecule has 1 unspecified atom stereocenters. The number of carbonyl (C=O) groups excluding carboxylic acids is 2. The molecule has 4 N–H and O–H groups in total. The molecule has 9 nitrogen and oxygen atoms in total. The molecule has 2 saturated heterocycles. The number of halogens is 4. The Hall–Kier alpha value is -2.49. The van der Waals surface area contributed by atoms with Crippen LogP contribution in [-0.2, 0) is 0 Å². The van der Waals surface area contributed by atoms with Crippen molar-refractivity contribution in [1.82, 2.24) is 20.2 Å². The number of anilines is 1. The van der Waals surface area contributed by atoms with Crippen LogP contribution in [0.4, 0.5) is 23.4 Å². The number of likely N-dealkylation sites (tertiary alicyclic amines) is 1. The van der Waals surface area contributed by atoms with Crippen LogP contribution < -0.4 is 10.6 Å². The van der Waals surface area contributed by atoms with E-state index in [0.717, 1.165) is 35.5 Å². The lowest BCUT2D eigenvalue weighted by Gasteiger charge is -2.39. The lowest BCUT2D eigenvalue weighted by atomic mass is 9.78. The molecule has 3 fully saturated rings. The van der Waals surface area contributed by atoms with Gasteiger partial charge in [-0.25, -0.2) is 27.5 Å². The Kier molecular flexibility index (Phi) is 8.02. The summed E-state index contributed by atoms with van der Waals surface area (Å²) in [6, 6.07) is 0.0150. The van der Waals surface area contributed by atoms with Crippen molar-refractivity contribution in [3.63, 3.8) is 0 Å². The highest BCUT2D eigenvalue weighted by Crippen LogP contribution is 2.44. The molecule has 0 aromatic carbocycles. The van der Waals surface area contributed by atoms with Crippen LogP contribution in [0.3, 0.4) is 0 Å². The predicted octanol–water partition coefficient (Wildman–Crippen LogP) is 6.01. The largest absolute Gasteiger partial charge is 0.365 e. The third-order valence-electron chi connectivity index (χ3n) is 8.04. The number of nitrogens with one attached hydrogen (secondary N) is 2.